The predicted octanol–water partition coefficient (Wildman–Crippen LogP) is 3.28. The van der Waals surface area contributed by atoms with Crippen molar-refractivity contribution in [2.45, 2.75) is 0 Å². The Morgan fingerprint density at radius 1 is 1.00 bits per heavy atom. The fourth-order valence-corrected chi connectivity index (χ4v) is 1.42. The van der Waals surface area contributed by atoms with E-state index in [1.807, 2.05) is 0 Å². The maximum atomic E-state index is 13.4. The topological polar surface area (TPSA) is 37.0 Å². The van der Waals surface area contributed by atoms with Gasteiger partial charge in [-0.3, -0.25) is 0 Å². The molecule has 0 atom stereocenters. The molecule has 18 heavy (non-hydrogen) atoms. The number of benzene rings is 1. The zero-order chi connectivity index (χ0) is 13.1. The van der Waals surface area contributed by atoms with Crippen LogP contribution in [0.1, 0.15) is 0 Å². The first-order valence-corrected chi connectivity index (χ1v) is 5.15. The number of aromatic nitrogens is 1. The van der Waals surface area contributed by atoms with E-state index in [0.29, 0.717) is 17.6 Å². The van der Waals surface area contributed by atoms with Crippen LogP contribution in [0.25, 0.3) is 0 Å². The Hall–Kier alpha value is -2.24. The average Bonchev–Trinajstić information content (AvgIpc) is 2.36. The van der Waals surface area contributed by atoms with E-state index < -0.39 is 17.5 Å². The molecule has 0 spiro atoms. The van der Waals surface area contributed by atoms with E-state index in [0.717, 1.165) is 6.07 Å². The van der Waals surface area contributed by atoms with Crippen LogP contribution in [0, 0.1) is 17.5 Å². The van der Waals surface area contributed by atoms with Crippen molar-refractivity contribution >= 4 is 17.2 Å². The summed E-state index contributed by atoms with van der Waals surface area (Å²) in [6, 6.07) is 4.46. The second kappa shape index (κ2) is 4.95. The molecule has 1 aromatic heterocycles. The van der Waals surface area contributed by atoms with E-state index in [2.05, 4.69) is 15.6 Å². The lowest BCUT2D eigenvalue weighted by atomic mass is 10.2. The van der Waals surface area contributed by atoms with Crippen LogP contribution in [0.5, 0.6) is 0 Å². The Morgan fingerprint density at radius 3 is 2.44 bits per heavy atom. The Labute approximate surface area is 102 Å². The molecule has 0 amide bonds. The molecule has 0 unspecified atom stereocenters. The molecule has 2 aromatic rings. The van der Waals surface area contributed by atoms with Crippen LogP contribution in [-0.2, 0) is 0 Å². The molecule has 1 aromatic carbocycles. The first-order valence-electron chi connectivity index (χ1n) is 5.15. The second-order valence-electron chi connectivity index (χ2n) is 3.55. The Balaban J connectivity index is 2.30. The van der Waals surface area contributed by atoms with Gasteiger partial charge < -0.3 is 10.6 Å². The van der Waals surface area contributed by atoms with Gasteiger partial charge in [0.1, 0.15) is 11.6 Å². The molecule has 1 heterocycles. The van der Waals surface area contributed by atoms with Gasteiger partial charge in [-0.1, -0.05) is 0 Å². The van der Waals surface area contributed by atoms with E-state index in [1.165, 1.54) is 6.20 Å². The predicted molar refractivity (Wildman–Crippen MR) is 63.4 cm³/mol. The number of nitrogens with zero attached hydrogens (tertiary/aromatic N) is 1. The maximum absolute atomic E-state index is 13.4. The van der Waals surface area contributed by atoms with Crippen LogP contribution >= 0.6 is 0 Å². The molecule has 0 saturated carbocycles. The monoisotopic (exact) mass is 253 g/mol. The lowest BCUT2D eigenvalue weighted by Crippen LogP contribution is -1.98. The van der Waals surface area contributed by atoms with Gasteiger partial charge >= 0.3 is 0 Å². The van der Waals surface area contributed by atoms with Crippen LogP contribution in [0.3, 0.4) is 0 Å². The van der Waals surface area contributed by atoms with E-state index >= 15 is 0 Å². The molecule has 2 N–H and O–H groups in total. The average molecular weight is 253 g/mol. The van der Waals surface area contributed by atoms with Crippen molar-refractivity contribution in [2.75, 3.05) is 17.7 Å². The van der Waals surface area contributed by atoms with E-state index in [9.17, 15) is 13.2 Å². The first-order chi connectivity index (χ1) is 8.60. The molecular weight excluding hydrogens is 243 g/mol. The molecule has 0 aliphatic carbocycles. The van der Waals surface area contributed by atoms with Gasteiger partial charge in [0.15, 0.2) is 11.6 Å². The molecule has 94 valence electrons. The quantitative estimate of drug-likeness (QED) is 0.824. The highest BCUT2D eigenvalue weighted by atomic mass is 19.2. The largest absolute Gasteiger partial charge is 0.373 e. The number of rotatable bonds is 3. The minimum atomic E-state index is -1.22. The lowest BCUT2D eigenvalue weighted by Gasteiger charge is -2.09. The lowest BCUT2D eigenvalue weighted by molar-refractivity contribution is 0.496. The van der Waals surface area contributed by atoms with Crippen LogP contribution in [0.4, 0.5) is 30.4 Å². The molecule has 0 fully saturated rings. The molecule has 0 bridgehead atoms. The van der Waals surface area contributed by atoms with Gasteiger partial charge in [-0.15, -0.1) is 0 Å². The highest BCUT2D eigenvalue weighted by Gasteiger charge is 2.10. The second-order valence-corrected chi connectivity index (χ2v) is 3.55. The molecule has 6 heteroatoms. The molecule has 0 radical (unpaired) electrons. The Bertz CT molecular complexity index is 572. The summed E-state index contributed by atoms with van der Waals surface area (Å²) < 4.78 is 39.2. The molecular formula is C12H10F3N3. The highest BCUT2D eigenvalue weighted by Crippen LogP contribution is 2.23. The molecule has 0 aliphatic heterocycles. The van der Waals surface area contributed by atoms with E-state index in [4.69, 9.17) is 0 Å². The van der Waals surface area contributed by atoms with Gasteiger partial charge in [0.05, 0.1) is 5.69 Å². The summed E-state index contributed by atoms with van der Waals surface area (Å²) in [7, 11) is 1.68. The van der Waals surface area contributed by atoms with Gasteiger partial charge in [0.25, 0.3) is 0 Å². The summed E-state index contributed by atoms with van der Waals surface area (Å²) in [5.74, 6) is -2.62. The molecule has 2 rings (SSSR count). The van der Waals surface area contributed by atoms with Crippen molar-refractivity contribution in [1.29, 1.82) is 0 Å². The van der Waals surface area contributed by atoms with Crippen LogP contribution in [0.2, 0.25) is 0 Å². The van der Waals surface area contributed by atoms with Gasteiger partial charge in [0, 0.05) is 37.1 Å². The number of halogens is 3. The summed E-state index contributed by atoms with van der Waals surface area (Å²) in [4.78, 5) is 3.97. The zero-order valence-electron chi connectivity index (χ0n) is 9.47. The van der Waals surface area contributed by atoms with Crippen LogP contribution in [-0.4, -0.2) is 12.0 Å². The minimum Gasteiger partial charge on any atom is -0.373 e. The number of anilines is 3. The summed E-state index contributed by atoms with van der Waals surface area (Å²) in [6.07, 6.45) is 1.51. The van der Waals surface area contributed by atoms with Crippen molar-refractivity contribution in [3.05, 3.63) is 47.9 Å². The molecule has 0 aliphatic rings. The van der Waals surface area contributed by atoms with E-state index in [-0.39, 0.29) is 5.69 Å². The fourth-order valence-electron chi connectivity index (χ4n) is 1.42. The Kier molecular flexibility index (Phi) is 3.36. The smallest absolute Gasteiger partial charge is 0.161 e. The van der Waals surface area contributed by atoms with Crippen molar-refractivity contribution in [3.63, 3.8) is 0 Å². The van der Waals surface area contributed by atoms with Crippen molar-refractivity contribution in [3.8, 4) is 0 Å². The Morgan fingerprint density at radius 2 is 1.72 bits per heavy atom. The maximum Gasteiger partial charge on any atom is 0.161 e. The third kappa shape index (κ3) is 2.53. The van der Waals surface area contributed by atoms with Gasteiger partial charge in [-0.05, 0) is 6.07 Å². The molecule has 0 saturated heterocycles. The van der Waals surface area contributed by atoms with E-state index in [1.54, 1.807) is 19.2 Å². The van der Waals surface area contributed by atoms with Crippen molar-refractivity contribution < 1.29 is 13.2 Å². The molecule has 3 nitrogen and oxygen atoms in total. The number of hydrogen-bond donors (Lipinski definition) is 2. The van der Waals surface area contributed by atoms with Gasteiger partial charge in [0.2, 0.25) is 0 Å². The van der Waals surface area contributed by atoms with Gasteiger partial charge in [-0.25, -0.2) is 18.2 Å². The summed E-state index contributed by atoms with van der Waals surface area (Å²) in [6.45, 7) is 0. The number of nitrogens with one attached hydrogen (secondary N) is 2. The van der Waals surface area contributed by atoms with Gasteiger partial charge in [-0.2, -0.15) is 0 Å². The highest BCUT2D eigenvalue weighted by molar-refractivity contribution is 5.62. The third-order valence-electron chi connectivity index (χ3n) is 2.31. The third-order valence-corrected chi connectivity index (χ3v) is 2.31. The summed E-state index contributed by atoms with van der Waals surface area (Å²) >= 11 is 0. The summed E-state index contributed by atoms with van der Waals surface area (Å²) in [5.41, 5.74) is 0.376. The fraction of sp³-hybridized carbons (Fsp3) is 0.0833. The van der Waals surface area contributed by atoms with Crippen LogP contribution in [0.15, 0.2) is 30.5 Å². The SMILES string of the molecule is CNc1cc(Nc2cc(F)c(F)cc2F)ccn1. The van der Waals surface area contributed by atoms with Crippen LogP contribution < -0.4 is 10.6 Å². The zero-order valence-corrected chi connectivity index (χ0v) is 9.47. The van der Waals surface area contributed by atoms with Crippen molar-refractivity contribution in [1.82, 2.24) is 4.98 Å². The number of pyridine rings is 1. The first kappa shape index (κ1) is 12.2. The number of hydrogen-bond acceptors (Lipinski definition) is 3. The summed E-state index contributed by atoms with van der Waals surface area (Å²) in [5, 5.41) is 5.46. The minimum absolute atomic E-state index is 0.137. The normalized spacial score (nSPS) is 10.2. The standard InChI is InChI=1S/C12H10F3N3/c1-16-12-4-7(2-3-17-12)18-11-6-9(14)8(13)5-10(11)15/h2-6H,1H3,(H2,16,17,18). The van der Waals surface area contributed by atoms with Crippen molar-refractivity contribution in [2.24, 2.45) is 0 Å².